The smallest absolute Gasteiger partial charge is 0.319 e. The molecule has 0 amide bonds. The van der Waals surface area contributed by atoms with Crippen molar-refractivity contribution in [3.8, 4) is 0 Å². The summed E-state index contributed by atoms with van der Waals surface area (Å²) in [5.74, 6) is -5.15. The number of esters is 1. The van der Waals surface area contributed by atoms with E-state index in [1.54, 1.807) is 27.7 Å². The SMILES string of the molecule is COC(=O)[C@@H]1[C@]2(C)O[C@H](C)[C@]3(CO)O[C@@]1(C)O[C@]3(C)O2. The number of fused-ring (bicyclic) bond motifs is 2. The van der Waals surface area contributed by atoms with Crippen LogP contribution in [0.2, 0.25) is 0 Å². The highest BCUT2D eigenvalue weighted by Gasteiger charge is 2.81. The first-order valence-corrected chi connectivity index (χ1v) is 6.63. The highest BCUT2D eigenvalue weighted by Crippen LogP contribution is 2.62. The highest BCUT2D eigenvalue weighted by atomic mass is 16.9. The minimum atomic E-state index is -1.28. The molecule has 3 aliphatic heterocycles. The van der Waals surface area contributed by atoms with Crippen molar-refractivity contribution in [2.45, 2.75) is 56.8 Å². The number of carbonyl (C=O) groups excluding carboxylic acids is 1. The van der Waals surface area contributed by atoms with Crippen molar-refractivity contribution in [2.24, 2.45) is 5.92 Å². The van der Waals surface area contributed by atoms with Crippen LogP contribution in [0.25, 0.3) is 0 Å². The van der Waals surface area contributed by atoms with E-state index in [2.05, 4.69) is 0 Å². The Bertz CT molecular complexity index is 468. The molecule has 7 nitrogen and oxygen atoms in total. The molecule has 3 saturated heterocycles. The van der Waals surface area contributed by atoms with E-state index < -0.39 is 41.0 Å². The van der Waals surface area contributed by atoms with Crippen LogP contribution in [-0.4, -0.2) is 53.9 Å². The molecule has 0 saturated carbocycles. The minimum absolute atomic E-state index is 0.343. The molecule has 0 aromatic rings. The molecule has 0 unspecified atom stereocenters. The first-order valence-electron chi connectivity index (χ1n) is 6.63. The normalized spacial score (nSPS) is 56.9. The predicted octanol–water partition coefficient (Wildman–Crippen LogP) is 0.151. The van der Waals surface area contributed by atoms with Gasteiger partial charge in [0.15, 0.2) is 23.1 Å². The van der Waals surface area contributed by atoms with E-state index in [-0.39, 0.29) is 6.61 Å². The second kappa shape index (κ2) is 3.72. The van der Waals surface area contributed by atoms with Gasteiger partial charge in [0.25, 0.3) is 0 Å². The maximum Gasteiger partial charge on any atom is 0.319 e. The zero-order valence-corrected chi connectivity index (χ0v) is 12.3. The lowest BCUT2D eigenvalue weighted by Crippen LogP contribution is -2.72. The van der Waals surface area contributed by atoms with E-state index in [1.807, 2.05) is 0 Å². The van der Waals surface area contributed by atoms with Gasteiger partial charge in [0, 0.05) is 0 Å². The molecule has 0 aromatic heterocycles. The number of ether oxygens (including phenoxy) is 5. The summed E-state index contributed by atoms with van der Waals surface area (Å²) in [5.41, 5.74) is -1.18. The van der Waals surface area contributed by atoms with Crippen LogP contribution in [0.1, 0.15) is 27.7 Å². The molecule has 114 valence electrons. The Labute approximate surface area is 117 Å². The van der Waals surface area contributed by atoms with E-state index >= 15 is 0 Å². The molecule has 20 heavy (non-hydrogen) atoms. The first kappa shape index (κ1) is 14.2. The fourth-order valence-electron chi connectivity index (χ4n) is 3.94. The number of carbonyl (C=O) groups is 1. The fourth-order valence-corrected chi connectivity index (χ4v) is 3.94. The quantitative estimate of drug-likeness (QED) is 0.724. The molecule has 6 atom stereocenters. The Balaban J connectivity index is 2.17. The lowest BCUT2D eigenvalue weighted by molar-refractivity contribution is -0.465. The molecule has 3 heterocycles. The molecule has 0 aromatic carbocycles. The third-order valence-corrected chi connectivity index (χ3v) is 4.74. The lowest BCUT2D eigenvalue weighted by Gasteiger charge is -2.55. The van der Waals surface area contributed by atoms with Gasteiger partial charge in [-0.2, -0.15) is 0 Å². The van der Waals surface area contributed by atoms with Crippen molar-refractivity contribution in [3.63, 3.8) is 0 Å². The van der Waals surface area contributed by atoms with Crippen molar-refractivity contribution in [2.75, 3.05) is 13.7 Å². The van der Waals surface area contributed by atoms with Crippen molar-refractivity contribution < 1.29 is 33.6 Å². The van der Waals surface area contributed by atoms with Crippen LogP contribution in [0.3, 0.4) is 0 Å². The maximum atomic E-state index is 12.2. The Morgan fingerprint density at radius 3 is 2.35 bits per heavy atom. The lowest BCUT2D eigenvalue weighted by atomic mass is 9.84. The van der Waals surface area contributed by atoms with Crippen molar-refractivity contribution in [3.05, 3.63) is 0 Å². The summed E-state index contributed by atoms with van der Waals surface area (Å²) in [6, 6.07) is 0. The van der Waals surface area contributed by atoms with Gasteiger partial charge in [0.05, 0.1) is 19.8 Å². The Morgan fingerprint density at radius 2 is 1.80 bits per heavy atom. The molecular weight excluding hydrogens is 268 g/mol. The Morgan fingerprint density at radius 1 is 1.20 bits per heavy atom. The summed E-state index contributed by atoms with van der Waals surface area (Å²) in [6.45, 7) is 6.43. The number of methoxy groups -OCH3 is 1. The molecule has 3 aliphatic rings. The average molecular weight is 288 g/mol. The average Bonchev–Trinajstić information content (AvgIpc) is 2.49. The summed E-state index contributed by atoms with van der Waals surface area (Å²) >= 11 is 0. The summed E-state index contributed by atoms with van der Waals surface area (Å²) < 4.78 is 28.5. The largest absolute Gasteiger partial charge is 0.468 e. The van der Waals surface area contributed by atoms with Gasteiger partial charge in [0.1, 0.15) is 0 Å². The van der Waals surface area contributed by atoms with Crippen LogP contribution < -0.4 is 0 Å². The first-order chi connectivity index (χ1) is 9.16. The summed E-state index contributed by atoms with van der Waals surface area (Å²) in [4.78, 5) is 12.2. The number of hydrogen-bond acceptors (Lipinski definition) is 7. The van der Waals surface area contributed by atoms with Gasteiger partial charge in [0.2, 0.25) is 5.79 Å². The fraction of sp³-hybridized carbons (Fsp3) is 0.923. The van der Waals surface area contributed by atoms with Gasteiger partial charge in [-0.3, -0.25) is 4.79 Å². The van der Waals surface area contributed by atoms with Gasteiger partial charge in [-0.05, 0) is 27.7 Å². The molecule has 3 fully saturated rings. The van der Waals surface area contributed by atoms with E-state index in [4.69, 9.17) is 23.7 Å². The van der Waals surface area contributed by atoms with Gasteiger partial charge >= 0.3 is 5.97 Å². The number of rotatable bonds is 2. The van der Waals surface area contributed by atoms with Crippen LogP contribution >= 0.6 is 0 Å². The van der Waals surface area contributed by atoms with E-state index in [0.29, 0.717) is 0 Å². The van der Waals surface area contributed by atoms with Gasteiger partial charge in [-0.25, -0.2) is 0 Å². The van der Waals surface area contributed by atoms with Crippen LogP contribution in [0, 0.1) is 5.92 Å². The molecule has 3 bridgehead atoms. The second-order valence-electron chi connectivity index (χ2n) is 6.05. The Kier molecular flexibility index (Phi) is 2.64. The number of aliphatic hydroxyl groups excluding tert-OH is 1. The number of aliphatic hydroxyl groups is 1. The highest BCUT2D eigenvalue weighted by molar-refractivity contribution is 5.75. The van der Waals surface area contributed by atoms with Crippen LogP contribution in [0.4, 0.5) is 0 Å². The maximum absolute atomic E-state index is 12.2. The summed E-state index contributed by atoms with van der Waals surface area (Å²) in [5, 5.41) is 9.82. The van der Waals surface area contributed by atoms with Gasteiger partial charge in [-0.1, -0.05) is 0 Å². The van der Waals surface area contributed by atoms with Gasteiger partial charge in [-0.15, -0.1) is 0 Å². The standard InChI is InChI=1S/C13H20O7/c1-7-13(6-14)12(4)18-10(2,17-7)8(9(15)16-5)11(3,19-12)20-13/h7-8,14H,6H2,1-5H3/t7-,8-,10-,11-,12+,13+/m1/s1. The monoisotopic (exact) mass is 288 g/mol. The molecule has 1 N–H and O–H groups in total. The van der Waals surface area contributed by atoms with Gasteiger partial charge < -0.3 is 28.8 Å². The molecule has 3 rings (SSSR count). The van der Waals surface area contributed by atoms with Crippen LogP contribution in [0.15, 0.2) is 0 Å². The third-order valence-electron chi connectivity index (χ3n) is 4.74. The van der Waals surface area contributed by atoms with E-state index in [1.165, 1.54) is 7.11 Å². The minimum Gasteiger partial charge on any atom is -0.468 e. The van der Waals surface area contributed by atoms with Crippen molar-refractivity contribution >= 4 is 5.97 Å². The van der Waals surface area contributed by atoms with Crippen LogP contribution in [-0.2, 0) is 28.5 Å². The third kappa shape index (κ3) is 1.35. The molecule has 7 heteroatoms. The number of hydrogen-bond donors (Lipinski definition) is 1. The molecule has 0 aliphatic carbocycles. The summed E-state index contributed by atoms with van der Waals surface area (Å²) in [7, 11) is 1.29. The predicted molar refractivity (Wildman–Crippen MR) is 64.3 cm³/mol. The molecule has 0 spiro atoms. The molecular formula is C13H20O7. The Hall–Kier alpha value is -0.730. The van der Waals surface area contributed by atoms with E-state index in [0.717, 1.165) is 0 Å². The molecule has 0 radical (unpaired) electrons. The van der Waals surface area contributed by atoms with Crippen molar-refractivity contribution in [1.82, 2.24) is 0 Å². The topological polar surface area (TPSA) is 83.5 Å². The van der Waals surface area contributed by atoms with Crippen LogP contribution in [0.5, 0.6) is 0 Å². The second-order valence-corrected chi connectivity index (χ2v) is 6.05. The zero-order chi connectivity index (χ0) is 15.0. The van der Waals surface area contributed by atoms with E-state index in [9.17, 15) is 9.90 Å². The van der Waals surface area contributed by atoms with Crippen molar-refractivity contribution in [1.29, 1.82) is 0 Å². The summed E-state index contributed by atoms with van der Waals surface area (Å²) in [6.07, 6.45) is -0.507. The zero-order valence-electron chi connectivity index (χ0n) is 12.3.